The molecular weight excluding hydrogens is 278 g/mol. The van der Waals surface area contributed by atoms with Crippen LogP contribution in [0, 0.1) is 11.3 Å². The average Bonchev–Trinajstić information content (AvgIpc) is 2.48. The Kier molecular flexibility index (Phi) is 4.30. The number of benzene rings is 1. The van der Waals surface area contributed by atoms with Crippen molar-refractivity contribution in [3.63, 3.8) is 0 Å². The Balaban J connectivity index is 2.25. The largest absolute Gasteiger partial charge is 0.243 e. The number of hydrogen-bond donors (Lipinski definition) is 0. The van der Waals surface area contributed by atoms with Crippen LogP contribution in [0.25, 0.3) is 0 Å². The molecule has 2 rings (SSSR count). The van der Waals surface area contributed by atoms with Crippen LogP contribution in [0.3, 0.4) is 0 Å². The van der Waals surface area contributed by atoms with Gasteiger partial charge in [0.1, 0.15) is 0 Å². The summed E-state index contributed by atoms with van der Waals surface area (Å²) in [7, 11) is -3.60. The minimum absolute atomic E-state index is 0.146. The molecule has 0 bridgehead atoms. The summed E-state index contributed by atoms with van der Waals surface area (Å²) in [4.78, 5) is 14.0. The molecule has 1 atom stereocenters. The molecule has 6 nitrogen and oxygen atoms in total. The van der Waals surface area contributed by atoms with Gasteiger partial charge >= 0.3 is 0 Å². The summed E-state index contributed by atoms with van der Waals surface area (Å²) in [6, 6.07) is 7.39. The van der Waals surface area contributed by atoms with Gasteiger partial charge in [-0.25, -0.2) is 18.2 Å². The van der Waals surface area contributed by atoms with Crippen LogP contribution in [0.4, 0.5) is 0 Å². The maximum absolute atomic E-state index is 12.4. The number of hydrogen-bond acceptors (Lipinski definition) is 5. The fourth-order valence-electron chi connectivity index (χ4n) is 2.17. The summed E-state index contributed by atoms with van der Waals surface area (Å²) in [5.74, 6) is 0. The number of aliphatic imine (C=N–C) groups is 1. The van der Waals surface area contributed by atoms with Crippen molar-refractivity contribution in [1.82, 2.24) is 4.31 Å². The lowest BCUT2D eigenvalue weighted by molar-refractivity contribution is 0.316. The third kappa shape index (κ3) is 2.94. The number of nitriles is 1. The standard InChI is InChI=1S/C13H13N3O3S/c14-8-11-3-5-13(6-4-11)20(18,19)16-7-1-2-12(9-16)15-10-17/h3-6,12H,1-2,7,9H2. The maximum Gasteiger partial charge on any atom is 0.243 e. The molecule has 0 aliphatic carbocycles. The summed E-state index contributed by atoms with van der Waals surface area (Å²) >= 11 is 0. The van der Waals surface area contributed by atoms with Gasteiger partial charge in [-0.3, -0.25) is 0 Å². The molecule has 0 saturated carbocycles. The van der Waals surface area contributed by atoms with Crippen LogP contribution in [-0.4, -0.2) is 37.9 Å². The third-order valence-corrected chi connectivity index (χ3v) is 5.10. The number of rotatable bonds is 3. The zero-order chi connectivity index (χ0) is 14.6. The molecule has 1 aromatic rings. The van der Waals surface area contributed by atoms with E-state index in [4.69, 9.17) is 5.26 Å². The number of piperidine rings is 1. The molecule has 7 heteroatoms. The van der Waals surface area contributed by atoms with E-state index in [0.717, 1.165) is 0 Å². The summed E-state index contributed by atoms with van der Waals surface area (Å²) in [5.41, 5.74) is 0.408. The minimum atomic E-state index is -3.60. The molecule has 1 unspecified atom stereocenters. The molecule has 20 heavy (non-hydrogen) atoms. The highest BCUT2D eigenvalue weighted by molar-refractivity contribution is 7.89. The van der Waals surface area contributed by atoms with Crippen LogP contribution in [0.1, 0.15) is 18.4 Å². The van der Waals surface area contributed by atoms with E-state index in [1.165, 1.54) is 34.7 Å². The van der Waals surface area contributed by atoms with Crippen molar-refractivity contribution in [2.45, 2.75) is 23.8 Å². The molecule has 1 fully saturated rings. The Hall–Kier alpha value is -2.00. The Morgan fingerprint density at radius 2 is 2.00 bits per heavy atom. The van der Waals surface area contributed by atoms with Crippen molar-refractivity contribution in [1.29, 1.82) is 5.26 Å². The monoisotopic (exact) mass is 291 g/mol. The van der Waals surface area contributed by atoms with Crippen LogP contribution in [-0.2, 0) is 14.8 Å². The van der Waals surface area contributed by atoms with Gasteiger partial charge in [0, 0.05) is 13.1 Å². The first-order chi connectivity index (χ1) is 9.57. The number of sulfonamides is 1. The van der Waals surface area contributed by atoms with Crippen LogP contribution < -0.4 is 0 Å². The molecule has 104 valence electrons. The van der Waals surface area contributed by atoms with Crippen molar-refractivity contribution in [2.24, 2.45) is 4.99 Å². The Morgan fingerprint density at radius 3 is 2.60 bits per heavy atom. The van der Waals surface area contributed by atoms with Crippen molar-refractivity contribution in [3.8, 4) is 6.07 Å². The molecular formula is C13H13N3O3S. The van der Waals surface area contributed by atoms with Crippen molar-refractivity contribution in [2.75, 3.05) is 13.1 Å². The summed E-state index contributed by atoms with van der Waals surface area (Å²) < 4.78 is 26.2. The van der Waals surface area contributed by atoms with Gasteiger partial charge in [-0.2, -0.15) is 9.57 Å². The second kappa shape index (κ2) is 5.97. The molecule has 1 heterocycles. The van der Waals surface area contributed by atoms with E-state index in [1.54, 1.807) is 0 Å². The molecule has 1 aliphatic heterocycles. The highest BCUT2D eigenvalue weighted by atomic mass is 32.2. The van der Waals surface area contributed by atoms with Gasteiger partial charge in [-0.15, -0.1) is 0 Å². The molecule has 0 N–H and O–H groups in total. The van der Waals surface area contributed by atoms with Crippen LogP contribution in [0.2, 0.25) is 0 Å². The van der Waals surface area contributed by atoms with E-state index < -0.39 is 10.0 Å². The molecule has 1 aromatic carbocycles. The molecule has 0 aromatic heterocycles. The predicted molar refractivity (Wildman–Crippen MR) is 71.1 cm³/mol. The fourth-order valence-corrected chi connectivity index (χ4v) is 3.69. The molecule has 0 radical (unpaired) electrons. The zero-order valence-electron chi connectivity index (χ0n) is 10.7. The minimum Gasteiger partial charge on any atom is -0.211 e. The maximum atomic E-state index is 12.4. The number of isocyanates is 1. The number of nitrogens with zero attached hydrogens (tertiary/aromatic N) is 3. The summed E-state index contributed by atoms with van der Waals surface area (Å²) in [5, 5.41) is 8.71. The van der Waals surface area contributed by atoms with Crippen LogP contribution in [0.15, 0.2) is 34.2 Å². The second-order valence-corrected chi connectivity index (χ2v) is 6.45. The first-order valence-electron chi connectivity index (χ1n) is 6.15. The first-order valence-corrected chi connectivity index (χ1v) is 7.59. The van der Waals surface area contributed by atoms with Gasteiger partial charge in [-0.1, -0.05) is 0 Å². The molecule has 0 spiro atoms. The van der Waals surface area contributed by atoms with E-state index in [2.05, 4.69) is 4.99 Å². The fraction of sp³-hybridized carbons (Fsp3) is 0.385. The van der Waals surface area contributed by atoms with Gasteiger partial charge in [-0.05, 0) is 37.1 Å². The summed E-state index contributed by atoms with van der Waals surface area (Å²) in [6.45, 7) is 0.602. The quantitative estimate of drug-likeness (QED) is 0.614. The van der Waals surface area contributed by atoms with E-state index >= 15 is 0 Å². The molecule has 0 amide bonds. The topological polar surface area (TPSA) is 90.6 Å². The normalized spacial score (nSPS) is 19.9. The van der Waals surface area contributed by atoms with E-state index in [-0.39, 0.29) is 17.5 Å². The van der Waals surface area contributed by atoms with Gasteiger partial charge in [0.25, 0.3) is 0 Å². The first kappa shape index (κ1) is 14.4. The van der Waals surface area contributed by atoms with Crippen molar-refractivity contribution in [3.05, 3.63) is 29.8 Å². The lowest BCUT2D eigenvalue weighted by Gasteiger charge is -2.29. The molecule has 1 aliphatic rings. The Morgan fingerprint density at radius 1 is 1.30 bits per heavy atom. The van der Waals surface area contributed by atoms with Crippen LogP contribution in [0.5, 0.6) is 0 Å². The van der Waals surface area contributed by atoms with Gasteiger partial charge in [0.05, 0.1) is 22.6 Å². The third-order valence-electron chi connectivity index (χ3n) is 3.22. The lowest BCUT2D eigenvalue weighted by atomic mass is 10.1. The van der Waals surface area contributed by atoms with Crippen molar-refractivity contribution < 1.29 is 13.2 Å². The Bertz CT molecular complexity index is 670. The predicted octanol–water partition coefficient (Wildman–Crippen LogP) is 1.05. The SMILES string of the molecule is N#Cc1ccc(S(=O)(=O)N2CCCC(N=C=O)C2)cc1. The van der Waals surface area contributed by atoms with Crippen molar-refractivity contribution >= 4 is 16.1 Å². The highest BCUT2D eigenvalue weighted by Crippen LogP contribution is 2.22. The van der Waals surface area contributed by atoms with E-state index in [9.17, 15) is 13.2 Å². The second-order valence-electron chi connectivity index (χ2n) is 4.52. The van der Waals surface area contributed by atoms with Gasteiger partial charge in [0.15, 0.2) is 0 Å². The molecule has 1 saturated heterocycles. The van der Waals surface area contributed by atoms with E-state index in [0.29, 0.717) is 24.9 Å². The summed E-state index contributed by atoms with van der Waals surface area (Å²) in [6.07, 6.45) is 2.83. The number of carbonyl (C=O) groups excluding carboxylic acids is 1. The average molecular weight is 291 g/mol. The zero-order valence-corrected chi connectivity index (χ0v) is 11.5. The Labute approximate surface area is 117 Å². The smallest absolute Gasteiger partial charge is 0.211 e. The van der Waals surface area contributed by atoms with Crippen LogP contribution >= 0.6 is 0 Å². The van der Waals surface area contributed by atoms with E-state index in [1.807, 2.05) is 6.07 Å². The highest BCUT2D eigenvalue weighted by Gasteiger charge is 2.30. The van der Waals surface area contributed by atoms with Gasteiger partial charge in [0.2, 0.25) is 16.1 Å². The van der Waals surface area contributed by atoms with Gasteiger partial charge < -0.3 is 0 Å². The lowest BCUT2D eigenvalue weighted by Crippen LogP contribution is -2.41.